The molecule has 0 saturated heterocycles. The Morgan fingerprint density at radius 3 is 2.84 bits per heavy atom. The predicted octanol–water partition coefficient (Wildman–Crippen LogP) is 2.83. The highest BCUT2D eigenvalue weighted by atomic mass is 16.6. The first-order chi connectivity index (χ1) is 11.9. The van der Waals surface area contributed by atoms with Gasteiger partial charge in [0.2, 0.25) is 5.90 Å². The average Bonchev–Trinajstić information content (AvgIpc) is 2.55. The zero-order valence-corrected chi connectivity index (χ0v) is 13.9. The third-order valence-corrected chi connectivity index (χ3v) is 3.25. The zero-order valence-electron chi connectivity index (χ0n) is 13.9. The van der Waals surface area contributed by atoms with Crippen molar-refractivity contribution in [1.29, 1.82) is 5.26 Å². The van der Waals surface area contributed by atoms with Gasteiger partial charge in [-0.15, -0.1) is 0 Å². The molecular weight excluding hydrogens is 322 g/mol. The molecule has 126 valence electrons. The Labute approximate surface area is 144 Å². The Morgan fingerprint density at radius 1 is 1.32 bits per heavy atom. The summed E-state index contributed by atoms with van der Waals surface area (Å²) in [6, 6.07) is 10.2. The second-order valence-corrected chi connectivity index (χ2v) is 5.79. The molecule has 1 aromatic carbocycles. The fourth-order valence-electron chi connectivity index (χ4n) is 2.31. The second-order valence-electron chi connectivity index (χ2n) is 5.79. The molecule has 0 bridgehead atoms. The minimum Gasteiger partial charge on any atom is -0.466 e. The largest absolute Gasteiger partial charge is 0.466 e. The lowest BCUT2D eigenvalue weighted by molar-refractivity contribution is -0.132. The van der Waals surface area contributed by atoms with Gasteiger partial charge in [0, 0.05) is 13.1 Å². The Bertz CT molecular complexity index is 913. The summed E-state index contributed by atoms with van der Waals surface area (Å²) in [7, 11) is 0. The van der Waals surface area contributed by atoms with Crippen LogP contribution >= 0.6 is 0 Å². The molecule has 7 heteroatoms. The van der Waals surface area contributed by atoms with E-state index in [-0.39, 0.29) is 17.5 Å². The number of carbonyl (C=O) groups excluding carboxylic acids is 1. The van der Waals surface area contributed by atoms with Crippen LogP contribution in [0.1, 0.15) is 31.9 Å². The Kier molecular flexibility index (Phi) is 4.11. The number of aromatic nitrogens is 1. The fourth-order valence-corrected chi connectivity index (χ4v) is 2.31. The maximum atomic E-state index is 11.3. The molecule has 0 radical (unpaired) electrons. The van der Waals surface area contributed by atoms with E-state index in [1.165, 1.54) is 13.1 Å². The third-order valence-electron chi connectivity index (χ3n) is 3.25. The van der Waals surface area contributed by atoms with E-state index in [4.69, 9.17) is 19.5 Å². The number of ether oxygens (including phenoxy) is 3. The van der Waals surface area contributed by atoms with Crippen LogP contribution in [-0.2, 0) is 4.79 Å². The van der Waals surface area contributed by atoms with Gasteiger partial charge < -0.3 is 14.2 Å². The number of nitriles is 1. The van der Waals surface area contributed by atoms with E-state index < -0.39 is 11.7 Å². The van der Waals surface area contributed by atoms with Gasteiger partial charge in [0.15, 0.2) is 11.5 Å². The van der Waals surface area contributed by atoms with E-state index in [2.05, 4.69) is 16.0 Å². The minimum absolute atomic E-state index is 0.0995. The van der Waals surface area contributed by atoms with E-state index in [0.717, 1.165) is 0 Å². The molecule has 3 rings (SSSR count). The minimum atomic E-state index is -0.854. The first kappa shape index (κ1) is 16.5. The van der Waals surface area contributed by atoms with Gasteiger partial charge in [-0.2, -0.15) is 5.26 Å². The number of hydrogen-bond acceptors (Lipinski definition) is 7. The smallest absolute Gasteiger partial charge is 0.308 e. The van der Waals surface area contributed by atoms with Crippen LogP contribution in [0.25, 0.3) is 0 Å². The molecule has 2 aromatic rings. The number of hydrogen-bond donors (Lipinski definition) is 0. The van der Waals surface area contributed by atoms with Crippen LogP contribution in [0.4, 0.5) is 0 Å². The maximum absolute atomic E-state index is 11.3. The van der Waals surface area contributed by atoms with Crippen molar-refractivity contribution < 1.29 is 19.0 Å². The normalized spacial score (nSPS) is 14.4. The number of nitrogens with zero attached hydrogens (tertiary/aromatic N) is 3. The first-order valence-corrected chi connectivity index (χ1v) is 7.52. The molecule has 25 heavy (non-hydrogen) atoms. The number of fused-ring (bicyclic) bond motifs is 1. The van der Waals surface area contributed by atoms with Crippen LogP contribution in [0.5, 0.6) is 17.4 Å². The van der Waals surface area contributed by atoms with Crippen LogP contribution in [-0.4, -0.2) is 22.6 Å². The van der Waals surface area contributed by atoms with Gasteiger partial charge in [0.1, 0.15) is 5.75 Å². The van der Waals surface area contributed by atoms with E-state index in [1.54, 1.807) is 44.2 Å². The zero-order chi connectivity index (χ0) is 18.0. The number of aliphatic imine (C=N–C) groups is 1. The highest BCUT2D eigenvalue weighted by Gasteiger charge is 2.30. The number of esters is 1. The van der Waals surface area contributed by atoms with Crippen molar-refractivity contribution in [3.8, 4) is 23.4 Å². The molecule has 1 aromatic heterocycles. The highest BCUT2D eigenvalue weighted by Crippen LogP contribution is 2.33. The number of rotatable bonds is 2. The lowest BCUT2D eigenvalue weighted by Gasteiger charge is -2.29. The topological polar surface area (TPSA) is 93.8 Å². The summed E-state index contributed by atoms with van der Waals surface area (Å²) in [6.45, 7) is 4.85. The summed E-state index contributed by atoms with van der Waals surface area (Å²) < 4.78 is 16.7. The first-order valence-electron chi connectivity index (χ1n) is 7.52. The molecule has 0 fully saturated rings. The van der Waals surface area contributed by atoms with Crippen molar-refractivity contribution in [2.45, 2.75) is 26.5 Å². The van der Waals surface area contributed by atoms with Crippen LogP contribution in [0.15, 0.2) is 41.5 Å². The van der Waals surface area contributed by atoms with E-state index in [9.17, 15) is 4.79 Å². The van der Waals surface area contributed by atoms with Crippen LogP contribution < -0.4 is 14.2 Å². The molecule has 0 N–H and O–H groups in total. The SMILES string of the molecule is CC(=O)Oc1cccnc1OC1=NC(C)(C)Oc2ccc(C#N)cc21. The molecular formula is C18H15N3O4. The van der Waals surface area contributed by atoms with Gasteiger partial charge in [-0.05, 0) is 44.2 Å². The Hall–Kier alpha value is -3.40. The summed E-state index contributed by atoms with van der Waals surface area (Å²) in [5.41, 5.74) is 0.116. The van der Waals surface area contributed by atoms with Gasteiger partial charge >= 0.3 is 5.97 Å². The number of carbonyl (C=O) groups is 1. The van der Waals surface area contributed by atoms with Crippen molar-refractivity contribution in [1.82, 2.24) is 4.98 Å². The molecule has 1 aliphatic rings. The average molecular weight is 337 g/mol. The lowest BCUT2D eigenvalue weighted by atomic mass is 10.1. The van der Waals surface area contributed by atoms with E-state index in [0.29, 0.717) is 16.9 Å². The lowest BCUT2D eigenvalue weighted by Crippen LogP contribution is -2.34. The molecule has 2 heterocycles. The van der Waals surface area contributed by atoms with Crippen molar-refractivity contribution in [3.05, 3.63) is 47.7 Å². The third kappa shape index (κ3) is 3.58. The van der Waals surface area contributed by atoms with Crippen LogP contribution in [0.2, 0.25) is 0 Å². The molecule has 0 spiro atoms. The van der Waals surface area contributed by atoms with Gasteiger partial charge in [-0.1, -0.05) is 0 Å². The summed E-state index contributed by atoms with van der Waals surface area (Å²) in [5.74, 6) is 0.566. The summed E-state index contributed by atoms with van der Waals surface area (Å²) in [4.78, 5) is 19.8. The monoisotopic (exact) mass is 337 g/mol. The quantitative estimate of drug-likeness (QED) is 0.782. The van der Waals surface area contributed by atoms with Crippen LogP contribution in [0, 0.1) is 11.3 Å². The van der Waals surface area contributed by atoms with Crippen molar-refractivity contribution in [2.75, 3.05) is 0 Å². The summed E-state index contributed by atoms with van der Waals surface area (Å²) in [5, 5.41) is 9.12. The molecule has 7 nitrogen and oxygen atoms in total. The van der Waals surface area contributed by atoms with Gasteiger partial charge in [0.05, 0.1) is 17.2 Å². The van der Waals surface area contributed by atoms with Gasteiger partial charge in [-0.3, -0.25) is 4.79 Å². The Balaban J connectivity index is 2.04. The van der Waals surface area contributed by atoms with Crippen molar-refractivity contribution in [2.24, 2.45) is 4.99 Å². The van der Waals surface area contributed by atoms with Crippen LogP contribution in [0.3, 0.4) is 0 Å². The Morgan fingerprint density at radius 2 is 2.12 bits per heavy atom. The summed E-state index contributed by atoms with van der Waals surface area (Å²) in [6.07, 6.45) is 1.51. The van der Waals surface area contributed by atoms with E-state index >= 15 is 0 Å². The number of benzene rings is 1. The van der Waals surface area contributed by atoms with Gasteiger partial charge in [-0.25, -0.2) is 9.98 Å². The second kappa shape index (κ2) is 6.24. The molecule has 0 aliphatic carbocycles. The standard InChI is InChI=1S/C18H15N3O4/c1-11(22)23-15-5-4-8-20-17(15)24-16-13-9-12(10-19)6-7-14(13)25-18(2,3)21-16/h4-9H,1-3H3. The van der Waals surface area contributed by atoms with Gasteiger partial charge in [0.25, 0.3) is 5.88 Å². The summed E-state index contributed by atoms with van der Waals surface area (Å²) >= 11 is 0. The number of pyridine rings is 1. The highest BCUT2D eigenvalue weighted by molar-refractivity contribution is 5.99. The fraction of sp³-hybridized carbons (Fsp3) is 0.222. The van der Waals surface area contributed by atoms with Crippen molar-refractivity contribution >= 4 is 11.9 Å². The molecule has 0 unspecified atom stereocenters. The molecule has 0 amide bonds. The molecule has 0 atom stereocenters. The molecule has 0 saturated carbocycles. The van der Waals surface area contributed by atoms with Crippen molar-refractivity contribution in [3.63, 3.8) is 0 Å². The predicted molar refractivity (Wildman–Crippen MR) is 88.6 cm³/mol. The molecule has 1 aliphatic heterocycles. The van der Waals surface area contributed by atoms with E-state index in [1.807, 2.05) is 0 Å². The maximum Gasteiger partial charge on any atom is 0.308 e.